The van der Waals surface area contributed by atoms with E-state index >= 15 is 4.39 Å². The van der Waals surface area contributed by atoms with E-state index < -0.39 is 28.8 Å². The van der Waals surface area contributed by atoms with Gasteiger partial charge in [0.25, 0.3) is 5.89 Å². The number of nitrogens with zero attached hydrogens (tertiary/aromatic N) is 5. The number of rotatable bonds is 6. The average Bonchev–Trinajstić information content (AvgIpc) is 3.44. The Morgan fingerprint density at radius 1 is 0.907 bits per heavy atom. The molecule has 12 heteroatoms. The quantitative estimate of drug-likeness (QED) is 0.234. The first-order chi connectivity index (χ1) is 20.6. The van der Waals surface area contributed by atoms with Crippen LogP contribution in [0.4, 0.5) is 27.6 Å². The van der Waals surface area contributed by atoms with E-state index in [-0.39, 0.29) is 46.0 Å². The van der Waals surface area contributed by atoms with Crippen LogP contribution in [-0.4, -0.2) is 52.9 Å². The molecule has 43 heavy (non-hydrogen) atoms. The molecule has 222 valence electrons. The van der Waals surface area contributed by atoms with E-state index in [9.17, 15) is 22.4 Å². The smallest absolute Gasteiger partial charge is 0.416 e. The third kappa shape index (κ3) is 5.87. The van der Waals surface area contributed by atoms with Crippen molar-refractivity contribution in [3.05, 3.63) is 111 Å². The van der Waals surface area contributed by atoms with Crippen LogP contribution in [0.25, 0.3) is 22.4 Å². The molecular weight excluding hydrogens is 569 g/mol. The van der Waals surface area contributed by atoms with Crippen LogP contribution in [0, 0.1) is 11.6 Å². The van der Waals surface area contributed by atoms with Crippen LogP contribution in [0.2, 0.25) is 0 Å². The van der Waals surface area contributed by atoms with Crippen LogP contribution in [-0.2, 0) is 19.1 Å². The van der Waals surface area contributed by atoms with Gasteiger partial charge in [-0.25, -0.2) is 8.78 Å². The maximum atomic E-state index is 15.5. The summed E-state index contributed by atoms with van der Waals surface area (Å²) in [6, 6.07) is 14.3. The molecule has 1 saturated heterocycles. The summed E-state index contributed by atoms with van der Waals surface area (Å²) < 4.78 is 77.3. The first kappa shape index (κ1) is 28.5. The van der Waals surface area contributed by atoms with E-state index in [0.717, 1.165) is 23.8 Å². The van der Waals surface area contributed by atoms with Crippen molar-refractivity contribution >= 4 is 16.6 Å². The molecule has 0 N–H and O–H groups in total. The van der Waals surface area contributed by atoms with Crippen LogP contribution >= 0.6 is 0 Å². The molecule has 0 amide bonds. The standard InChI is InChI=1S/C31H26F5N5O2/c1-39-9-11-40(12-10-39)27-16-26-22(15-25(27)33)29(42)23(30-38-37-28(43-30)13-19-5-3-2-4-6-19)18-41(26)17-20-7-8-21(14-24(20)32)31(34,35)36/h2-8,14-16,18H,9-13,17H2,1H3. The summed E-state index contributed by atoms with van der Waals surface area (Å²) in [6.07, 6.45) is -3.00. The molecule has 0 bridgehead atoms. The molecule has 1 aliphatic heterocycles. The molecule has 2 aromatic heterocycles. The number of hydrogen-bond acceptors (Lipinski definition) is 6. The van der Waals surface area contributed by atoms with Gasteiger partial charge in [0.2, 0.25) is 11.3 Å². The van der Waals surface area contributed by atoms with Gasteiger partial charge in [-0.15, -0.1) is 10.2 Å². The number of likely N-dealkylation sites (N-methyl/N-ethyl adjacent to an activating group) is 1. The number of fused-ring (bicyclic) bond motifs is 1. The number of hydrogen-bond donors (Lipinski definition) is 0. The lowest BCUT2D eigenvalue weighted by Gasteiger charge is -2.34. The molecule has 0 radical (unpaired) electrons. The molecule has 5 aromatic rings. The van der Waals surface area contributed by atoms with Crippen molar-refractivity contribution in [2.75, 3.05) is 38.1 Å². The molecule has 7 nitrogen and oxygen atoms in total. The van der Waals surface area contributed by atoms with Crippen molar-refractivity contribution in [2.24, 2.45) is 0 Å². The third-order valence-corrected chi connectivity index (χ3v) is 7.61. The van der Waals surface area contributed by atoms with Gasteiger partial charge in [-0.05, 0) is 36.9 Å². The van der Waals surface area contributed by atoms with Crippen LogP contribution in [0.3, 0.4) is 0 Å². The second-order valence-electron chi connectivity index (χ2n) is 10.6. The highest BCUT2D eigenvalue weighted by Crippen LogP contribution is 2.32. The van der Waals surface area contributed by atoms with Crippen molar-refractivity contribution in [2.45, 2.75) is 19.1 Å². The number of pyridine rings is 1. The van der Waals surface area contributed by atoms with Gasteiger partial charge in [-0.2, -0.15) is 13.2 Å². The highest BCUT2D eigenvalue weighted by molar-refractivity contribution is 5.86. The third-order valence-electron chi connectivity index (χ3n) is 7.61. The molecule has 6 rings (SSSR count). The molecule has 3 aromatic carbocycles. The van der Waals surface area contributed by atoms with E-state index in [2.05, 4.69) is 15.1 Å². The Balaban J connectivity index is 1.46. The minimum atomic E-state index is -4.71. The largest absolute Gasteiger partial charge is 0.420 e. The van der Waals surface area contributed by atoms with E-state index in [1.807, 2.05) is 42.3 Å². The summed E-state index contributed by atoms with van der Waals surface area (Å²) in [4.78, 5) is 17.7. The number of halogens is 5. The monoisotopic (exact) mass is 595 g/mol. The second-order valence-corrected chi connectivity index (χ2v) is 10.6. The minimum Gasteiger partial charge on any atom is -0.420 e. The predicted octanol–water partition coefficient (Wildman–Crippen LogP) is 5.74. The molecule has 0 saturated carbocycles. The molecule has 0 atom stereocenters. The van der Waals surface area contributed by atoms with Crippen molar-refractivity contribution in [3.63, 3.8) is 0 Å². The van der Waals surface area contributed by atoms with Crippen LogP contribution < -0.4 is 10.3 Å². The zero-order valence-electron chi connectivity index (χ0n) is 23.0. The fourth-order valence-electron chi connectivity index (χ4n) is 5.21. The van der Waals surface area contributed by atoms with Gasteiger partial charge in [0.15, 0.2) is 0 Å². The van der Waals surface area contributed by atoms with Crippen LogP contribution in [0.15, 0.2) is 76.1 Å². The maximum Gasteiger partial charge on any atom is 0.416 e. The first-order valence-corrected chi connectivity index (χ1v) is 13.6. The molecule has 0 aliphatic carbocycles. The predicted molar refractivity (Wildman–Crippen MR) is 151 cm³/mol. The van der Waals surface area contributed by atoms with Crippen molar-refractivity contribution < 1.29 is 26.4 Å². The van der Waals surface area contributed by atoms with Gasteiger partial charge < -0.3 is 18.8 Å². The SMILES string of the molecule is CN1CCN(c2cc3c(cc2F)c(=O)c(-c2nnc(Cc4ccccc4)o2)cn3Cc2ccc(C(F)(F)F)cc2F)CC1. The number of aromatic nitrogens is 3. The molecule has 0 spiro atoms. The lowest BCUT2D eigenvalue weighted by Crippen LogP contribution is -2.44. The van der Waals surface area contributed by atoms with Gasteiger partial charge in [0.1, 0.15) is 17.2 Å². The van der Waals surface area contributed by atoms with Gasteiger partial charge in [-0.3, -0.25) is 4.79 Å². The molecule has 1 aliphatic rings. The van der Waals surface area contributed by atoms with E-state index in [0.29, 0.717) is 38.7 Å². The first-order valence-electron chi connectivity index (χ1n) is 13.6. The van der Waals surface area contributed by atoms with Crippen molar-refractivity contribution in [3.8, 4) is 11.5 Å². The molecular formula is C31H26F5N5O2. The van der Waals surface area contributed by atoms with Crippen molar-refractivity contribution in [1.29, 1.82) is 0 Å². The molecule has 3 heterocycles. The van der Waals surface area contributed by atoms with E-state index in [1.54, 1.807) is 0 Å². The Morgan fingerprint density at radius 2 is 1.65 bits per heavy atom. The molecule has 0 unspecified atom stereocenters. The Labute approximate surface area is 242 Å². The zero-order chi connectivity index (χ0) is 30.3. The van der Waals surface area contributed by atoms with E-state index in [4.69, 9.17) is 4.42 Å². The lowest BCUT2D eigenvalue weighted by molar-refractivity contribution is -0.137. The number of benzene rings is 3. The summed E-state index contributed by atoms with van der Waals surface area (Å²) in [5.41, 5.74) is -0.314. The highest BCUT2D eigenvalue weighted by Gasteiger charge is 2.31. The summed E-state index contributed by atoms with van der Waals surface area (Å²) >= 11 is 0. The van der Waals surface area contributed by atoms with Gasteiger partial charge in [0.05, 0.1) is 29.7 Å². The Bertz CT molecular complexity index is 1840. The minimum absolute atomic E-state index is 0.0111. The maximum absolute atomic E-state index is 15.5. The summed E-state index contributed by atoms with van der Waals surface area (Å²) in [6.45, 7) is 2.29. The topological polar surface area (TPSA) is 67.4 Å². The Hall–Kier alpha value is -4.58. The fourth-order valence-corrected chi connectivity index (χ4v) is 5.21. The molecule has 1 fully saturated rings. The van der Waals surface area contributed by atoms with Gasteiger partial charge in [0, 0.05) is 43.3 Å². The fraction of sp³-hybridized carbons (Fsp3) is 0.258. The lowest BCUT2D eigenvalue weighted by atomic mass is 10.1. The van der Waals surface area contributed by atoms with Crippen molar-refractivity contribution in [1.82, 2.24) is 19.7 Å². The van der Waals surface area contributed by atoms with E-state index in [1.165, 1.54) is 16.8 Å². The summed E-state index contributed by atoms with van der Waals surface area (Å²) in [5.74, 6) is -1.53. The second kappa shape index (κ2) is 11.3. The summed E-state index contributed by atoms with van der Waals surface area (Å²) in [7, 11) is 1.97. The number of piperazine rings is 1. The zero-order valence-corrected chi connectivity index (χ0v) is 23.0. The Kier molecular flexibility index (Phi) is 7.47. The van der Waals surface area contributed by atoms with Gasteiger partial charge >= 0.3 is 6.18 Å². The average molecular weight is 596 g/mol. The van der Waals surface area contributed by atoms with Crippen LogP contribution in [0.1, 0.15) is 22.6 Å². The van der Waals surface area contributed by atoms with Gasteiger partial charge in [-0.1, -0.05) is 36.4 Å². The Morgan fingerprint density at radius 3 is 2.35 bits per heavy atom. The van der Waals surface area contributed by atoms with Crippen LogP contribution in [0.5, 0.6) is 0 Å². The number of anilines is 1. The number of alkyl halides is 3. The highest BCUT2D eigenvalue weighted by atomic mass is 19.4. The summed E-state index contributed by atoms with van der Waals surface area (Å²) in [5, 5.41) is 8.08. The normalized spacial score (nSPS) is 14.5.